The fourth-order valence-electron chi connectivity index (χ4n) is 2.02. The number of nitrogens with one attached hydrogen (secondary N) is 1. The maximum absolute atomic E-state index is 8.81. The van der Waals surface area contributed by atoms with E-state index in [0.29, 0.717) is 6.54 Å². The maximum Gasteiger partial charge on any atom is 0.0640 e. The molecule has 0 aliphatic heterocycles. The number of aliphatic hydroxyl groups is 1. The molecule has 0 saturated carbocycles. The monoisotopic (exact) mass is 259 g/mol. The highest BCUT2D eigenvalue weighted by atomic mass is 16.3. The molecule has 1 aromatic heterocycles. The minimum atomic E-state index is 0.131. The molecule has 0 amide bonds. The summed E-state index contributed by atoms with van der Waals surface area (Å²) >= 11 is 0. The van der Waals surface area contributed by atoms with Crippen molar-refractivity contribution in [3.8, 4) is 0 Å². The van der Waals surface area contributed by atoms with Gasteiger partial charge >= 0.3 is 0 Å². The number of hydrogen-bond donors (Lipinski definition) is 2. The molecule has 0 radical (unpaired) electrons. The third-order valence-corrected chi connectivity index (χ3v) is 3.01. The van der Waals surface area contributed by atoms with Gasteiger partial charge in [-0.15, -0.1) is 0 Å². The van der Waals surface area contributed by atoms with Crippen molar-refractivity contribution in [2.75, 3.05) is 13.2 Å². The molecule has 0 atom stereocenters. The van der Waals surface area contributed by atoms with Gasteiger partial charge in [-0.25, -0.2) is 0 Å². The van der Waals surface area contributed by atoms with E-state index in [9.17, 15) is 0 Å². The molecule has 0 saturated heterocycles. The molecule has 4 nitrogen and oxygen atoms in total. The van der Waals surface area contributed by atoms with Crippen LogP contribution in [0.1, 0.15) is 17.5 Å². The standard InChI is InChI=1S/C15H21N3O/c19-10-9-18-13-15(12-17-18)11-16-8-4-7-14-5-2-1-3-6-14/h1-3,5-6,12-13,16,19H,4,7-11H2. The first-order valence-electron chi connectivity index (χ1n) is 6.75. The van der Waals surface area contributed by atoms with Gasteiger partial charge in [0.05, 0.1) is 19.3 Å². The van der Waals surface area contributed by atoms with Gasteiger partial charge in [-0.05, 0) is 24.9 Å². The van der Waals surface area contributed by atoms with Gasteiger partial charge < -0.3 is 10.4 Å². The molecular weight excluding hydrogens is 238 g/mol. The second-order valence-corrected chi connectivity index (χ2v) is 4.60. The molecule has 102 valence electrons. The van der Waals surface area contributed by atoms with Gasteiger partial charge in [0.15, 0.2) is 0 Å². The maximum atomic E-state index is 8.81. The van der Waals surface area contributed by atoms with Crippen LogP contribution >= 0.6 is 0 Å². The van der Waals surface area contributed by atoms with Crippen LogP contribution in [-0.4, -0.2) is 28.0 Å². The van der Waals surface area contributed by atoms with Crippen LogP contribution in [0.25, 0.3) is 0 Å². The molecule has 0 spiro atoms. The zero-order valence-electron chi connectivity index (χ0n) is 11.1. The number of aromatic nitrogens is 2. The van der Waals surface area contributed by atoms with Gasteiger partial charge in [0, 0.05) is 18.3 Å². The Morgan fingerprint density at radius 1 is 1.16 bits per heavy atom. The first-order chi connectivity index (χ1) is 9.38. The summed E-state index contributed by atoms with van der Waals surface area (Å²) in [5, 5.41) is 16.4. The van der Waals surface area contributed by atoms with Gasteiger partial charge in [0.1, 0.15) is 0 Å². The summed E-state index contributed by atoms with van der Waals surface area (Å²) in [5.41, 5.74) is 2.55. The summed E-state index contributed by atoms with van der Waals surface area (Å²) in [6, 6.07) is 10.5. The Morgan fingerprint density at radius 2 is 2.00 bits per heavy atom. The Balaban J connectivity index is 1.61. The van der Waals surface area contributed by atoms with E-state index in [-0.39, 0.29) is 6.61 Å². The van der Waals surface area contributed by atoms with Crippen LogP contribution in [0.2, 0.25) is 0 Å². The van der Waals surface area contributed by atoms with Crippen molar-refractivity contribution in [3.05, 3.63) is 53.9 Å². The third-order valence-electron chi connectivity index (χ3n) is 3.01. The van der Waals surface area contributed by atoms with Crippen molar-refractivity contribution >= 4 is 0 Å². The molecule has 0 fully saturated rings. The van der Waals surface area contributed by atoms with Crippen molar-refractivity contribution < 1.29 is 5.11 Å². The molecule has 4 heteroatoms. The normalized spacial score (nSPS) is 10.8. The molecule has 2 rings (SSSR count). The summed E-state index contributed by atoms with van der Waals surface area (Å²) in [5.74, 6) is 0. The zero-order valence-corrected chi connectivity index (χ0v) is 11.1. The largest absolute Gasteiger partial charge is 0.394 e. The van der Waals surface area contributed by atoms with E-state index in [1.54, 1.807) is 4.68 Å². The van der Waals surface area contributed by atoms with Gasteiger partial charge in [-0.2, -0.15) is 5.10 Å². The number of rotatable bonds is 8. The lowest BCUT2D eigenvalue weighted by Gasteiger charge is -2.03. The number of aliphatic hydroxyl groups excluding tert-OH is 1. The van der Waals surface area contributed by atoms with Crippen LogP contribution in [0.15, 0.2) is 42.7 Å². The Morgan fingerprint density at radius 3 is 2.79 bits per heavy atom. The molecule has 0 bridgehead atoms. The lowest BCUT2D eigenvalue weighted by atomic mass is 10.1. The first kappa shape index (κ1) is 13.8. The molecule has 0 aliphatic rings. The number of hydrogen-bond acceptors (Lipinski definition) is 3. The van der Waals surface area contributed by atoms with Gasteiger partial charge in [-0.1, -0.05) is 30.3 Å². The Hall–Kier alpha value is -1.65. The quantitative estimate of drug-likeness (QED) is 0.708. The van der Waals surface area contributed by atoms with Crippen molar-refractivity contribution in [1.29, 1.82) is 0 Å². The van der Waals surface area contributed by atoms with E-state index in [4.69, 9.17) is 5.11 Å². The number of nitrogens with zero attached hydrogens (tertiary/aromatic N) is 2. The highest BCUT2D eigenvalue weighted by Crippen LogP contribution is 2.02. The first-order valence-corrected chi connectivity index (χ1v) is 6.75. The van der Waals surface area contributed by atoms with Crippen LogP contribution in [0, 0.1) is 0 Å². The second-order valence-electron chi connectivity index (χ2n) is 4.60. The van der Waals surface area contributed by atoms with E-state index < -0.39 is 0 Å². The highest BCUT2D eigenvalue weighted by molar-refractivity contribution is 5.14. The predicted molar refractivity (Wildman–Crippen MR) is 75.8 cm³/mol. The smallest absolute Gasteiger partial charge is 0.0640 e. The van der Waals surface area contributed by atoms with Gasteiger partial charge in [0.25, 0.3) is 0 Å². The Labute approximate surface area is 114 Å². The summed E-state index contributed by atoms with van der Waals surface area (Å²) in [4.78, 5) is 0. The Kier molecular flexibility index (Phi) is 5.59. The van der Waals surface area contributed by atoms with E-state index in [2.05, 4.69) is 34.7 Å². The molecule has 2 N–H and O–H groups in total. The van der Waals surface area contributed by atoms with Crippen molar-refractivity contribution in [2.24, 2.45) is 0 Å². The fraction of sp³-hybridized carbons (Fsp3) is 0.400. The minimum Gasteiger partial charge on any atom is -0.394 e. The average molecular weight is 259 g/mol. The molecule has 1 heterocycles. The molecule has 1 aromatic carbocycles. The van der Waals surface area contributed by atoms with Crippen LogP contribution in [0.3, 0.4) is 0 Å². The molecule has 0 unspecified atom stereocenters. The highest BCUT2D eigenvalue weighted by Gasteiger charge is 1.98. The molecule has 0 aliphatic carbocycles. The number of aryl methyl sites for hydroxylation is 1. The van der Waals surface area contributed by atoms with E-state index in [1.807, 2.05) is 18.5 Å². The van der Waals surface area contributed by atoms with Gasteiger partial charge in [0.2, 0.25) is 0 Å². The number of benzene rings is 1. The summed E-state index contributed by atoms with van der Waals surface area (Å²) in [7, 11) is 0. The second kappa shape index (κ2) is 7.71. The van der Waals surface area contributed by atoms with Crippen LogP contribution in [-0.2, 0) is 19.5 Å². The fourth-order valence-corrected chi connectivity index (χ4v) is 2.02. The molecule has 2 aromatic rings. The van der Waals surface area contributed by atoms with Crippen LogP contribution < -0.4 is 5.32 Å². The van der Waals surface area contributed by atoms with E-state index >= 15 is 0 Å². The van der Waals surface area contributed by atoms with Crippen LogP contribution in [0.4, 0.5) is 0 Å². The van der Waals surface area contributed by atoms with E-state index in [0.717, 1.165) is 31.5 Å². The summed E-state index contributed by atoms with van der Waals surface area (Å²) in [6.45, 7) is 2.53. The lowest BCUT2D eigenvalue weighted by molar-refractivity contribution is 0.269. The van der Waals surface area contributed by atoms with Crippen molar-refractivity contribution in [2.45, 2.75) is 25.9 Å². The average Bonchev–Trinajstić information content (AvgIpc) is 2.88. The summed E-state index contributed by atoms with van der Waals surface area (Å²) in [6.07, 6.45) is 6.06. The molecule has 19 heavy (non-hydrogen) atoms. The third kappa shape index (κ3) is 4.85. The topological polar surface area (TPSA) is 50.1 Å². The Bertz CT molecular complexity index is 467. The summed E-state index contributed by atoms with van der Waals surface area (Å²) < 4.78 is 1.76. The van der Waals surface area contributed by atoms with E-state index in [1.165, 1.54) is 5.56 Å². The van der Waals surface area contributed by atoms with Crippen molar-refractivity contribution in [1.82, 2.24) is 15.1 Å². The van der Waals surface area contributed by atoms with Gasteiger partial charge in [-0.3, -0.25) is 4.68 Å². The van der Waals surface area contributed by atoms with Crippen molar-refractivity contribution in [3.63, 3.8) is 0 Å². The minimum absolute atomic E-state index is 0.131. The van der Waals surface area contributed by atoms with Crippen LogP contribution in [0.5, 0.6) is 0 Å². The predicted octanol–water partition coefficient (Wildman–Crippen LogP) is 1.60. The SMILES string of the molecule is OCCn1cc(CNCCCc2ccccc2)cn1. The molecular formula is C15H21N3O. The zero-order chi connectivity index (χ0) is 13.3. The lowest BCUT2D eigenvalue weighted by Crippen LogP contribution is -2.15.